The Balaban J connectivity index is 2.44. The Kier molecular flexibility index (Phi) is 4.15. The molecule has 2 aromatic rings. The van der Waals surface area contributed by atoms with Crippen molar-refractivity contribution in [2.24, 2.45) is 0 Å². The van der Waals surface area contributed by atoms with Crippen LogP contribution < -0.4 is 5.32 Å². The van der Waals surface area contributed by atoms with Gasteiger partial charge < -0.3 is 5.32 Å². The molecule has 0 bridgehead atoms. The van der Waals surface area contributed by atoms with E-state index in [0.717, 1.165) is 11.6 Å². The molecular weight excluding hydrogens is 240 g/mol. The summed E-state index contributed by atoms with van der Waals surface area (Å²) >= 11 is 1.77. The summed E-state index contributed by atoms with van der Waals surface area (Å²) in [5, 5.41) is 4.69. The first kappa shape index (κ1) is 13.2. The lowest BCUT2D eigenvalue weighted by Crippen LogP contribution is -2.22. The predicted molar refractivity (Wildman–Crippen MR) is 78.3 cm³/mol. The quantitative estimate of drug-likeness (QED) is 0.905. The largest absolute Gasteiger partial charge is 0.306 e. The highest BCUT2D eigenvalue weighted by molar-refractivity contribution is 7.11. The third kappa shape index (κ3) is 2.62. The molecule has 3 heteroatoms. The highest BCUT2D eigenvalue weighted by Gasteiger charge is 2.17. The Morgan fingerprint density at radius 2 is 2.06 bits per heavy atom. The van der Waals surface area contributed by atoms with Gasteiger partial charge in [-0.2, -0.15) is 0 Å². The van der Waals surface area contributed by atoms with E-state index in [1.807, 2.05) is 6.20 Å². The van der Waals surface area contributed by atoms with Crippen molar-refractivity contribution >= 4 is 11.3 Å². The van der Waals surface area contributed by atoms with E-state index in [9.17, 15) is 0 Å². The molecule has 1 unspecified atom stereocenters. The van der Waals surface area contributed by atoms with Crippen molar-refractivity contribution < 1.29 is 0 Å². The first-order valence-corrected chi connectivity index (χ1v) is 7.17. The Morgan fingerprint density at radius 3 is 2.67 bits per heavy atom. The van der Waals surface area contributed by atoms with Crippen molar-refractivity contribution in [1.82, 2.24) is 10.3 Å². The number of hydrogen-bond acceptors (Lipinski definition) is 3. The molecule has 0 aliphatic heterocycles. The molecule has 0 fully saturated rings. The maximum Gasteiger partial charge on any atom is 0.0897 e. The topological polar surface area (TPSA) is 24.9 Å². The molecule has 1 atom stereocenters. The normalized spacial score (nSPS) is 12.7. The monoisotopic (exact) mass is 260 g/mol. The third-order valence-electron chi connectivity index (χ3n) is 3.29. The van der Waals surface area contributed by atoms with E-state index >= 15 is 0 Å². The van der Waals surface area contributed by atoms with Crippen molar-refractivity contribution in [1.29, 1.82) is 0 Å². The number of nitrogens with zero attached hydrogens (tertiary/aromatic N) is 1. The first-order valence-electron chi connectivity index (χ1n) is 6.35. The second kappa shape index (κ2) is 5.63. The van der Waals surface area contributed by atoms with Gasteiger partial charge in [-0.3, -0.25) is 0 Å². The number of hydrogen-bond donors (Lipinski definition) is 1. The summed E-state index contributed by atoms with van der Waals surface area (Å²) in [4.78, 5) is 5.67. The fourth-order valence-corrected chi connectivity index (χ4v) is 3.05. The molecule has 2 nitrogen and oxygen atoms in total. The van der Waals surface area contributed by atoms with Crippen LogP contribution in [-0.2, 0) is 0 Å². The van der Waals surface area contributed by atoms with E-state index in [1.54, 1.807) is 11.3 Å². The minimum atomic E-state index is 0.265. The Hall–Kier alpha value is -1.19. The zero-order chi connectivity index (χ0) is 13.1. The van der Waals surface area contributed by atoms with Gasteiger partial charge in [-0.1, -0.05) is 25.1 Å². The van der Waals surface area contributed by atoms with Gasteiger partial charge in [-0.15, -0.1) is 11.3 Å². The van der Waals surface area contributed by atoms with E-state index in [1.165, 1.54) is 21.6 Å². The molecule has 2 rings (SSSR count). The van der Waals surface area contributed by atoms with Gasteiger partial charge in [0.05, 0.1) is 11.0 Å². The second-order valence-corrected chi connectivity index (χ2v) is 5.83. The summed E-state index contributed by atoms with van der Waals surface area (Å²) in [5.74, 6) is 0. The number of rotatable bonds is 4. The summed E-state index contributed by atoms with van der Waals surface area (Å²) in [6.07, 6.45) is 2.00. The first-order chi connectivity index (χ1) is 8.63. The molecule has 0 spiro atoms. The van der Waals surface area contributed by atoms with Gasteiger partial charge in [0.25, 0.3) is 0 Å². The van der Waals surface area contributed by atoms with Crippen molar-refractivity contribution in [2.45, 2.75) is 33.7 Å². The van der Waals surface area contributed by atoms with Crippen LogP contribution in [0.4, 0.5) is 0 Å². The lowest BCUT2D eigenvalue weighted by atomic mass is 9.97. The maximum absolute atomic E-state index is 4.38. The Labute approximate surface area is 113 Å². The number of aryl methyl sites for hydroxylation is 2. The lowest BCUT2D eigenvalue weighted by molar-refractivity contribution is 0.635. The van der Waals surface area contributed by atoms with Crippen LogP contribution in [0.2, 0.25) is 0 Å². The molecule has 0 saturated carbocycles. The zero-order valence-corrected chi connectivity index (χ0v) is 12.3. The fourth-order valence-electron chi connectivity index (χ4n) is 2.17. The number of thiazole rings is 1. The van der Waals surface area contributed by atoms with Gasteiger partial charge in [-0.05, 0) is 44.0 Å². The lowest BCUT2D eigenvalue weighted by Gasteiger charge is -2.19. The maximum atomic E-state index is 4.38. The third-order valence-corrected chi connectivity index (χ3v) is 4.27. The summed E-state index contributed by atoms with van der Waals surface area (Å²) in [6, 6.07) is 6.78. The van der Waals surface area contributed by atoms with E-state index in [4.69, 9.17) is 0 Å². The molecule has 0 aliphatic rings. The van der Waals surface area contributed by atoms with Crippen LogP contribution in [0.25, 0.3) is 0 Å². The average Bonchev–Trinajstić information content (AvgIpc) is 2.77. The Morgan fingerprint density at radius 1 is 1.28 bits per heavy atom. The molecule has 1 N–H and O–H groups in total. The summed E-state index contributed by atoms with van der Waals surface area (Å²) in [6.45, 7) is 9.52. The second-order valence-electron chi connectivity index (χ2n) is 4.56. The van der Waals surface area contributed by atoms with Crippen LogP contribution >= 0.6 is 11.3 Å². The molecule has 0 saturated heterocycles. The van der Waals surface area contributed by atoms with Crippen LogP contribution in [0.3, 0.4) is 0 Å². The molecular formula is C15H20N2S. The minimum Gasteiger partial charge on any atom is -0.306 e. The molecule has 0 aliphatic carbocycles. The van der Waals surface area contributed by atoms with E-state index < -0.39 is 0 Å². The smallest absolute Gasteiger partial charge is 0.0897 e. The van der Waals surface area contributed by atoms with Crippen molar-refractivity contribution in [2.75, 3.05) is 6.54 Å². The standard InChI is InChI=1S/C15H20N2S/c1-5-16-15(14-9-17-12(4)18-14)13-8-6-7-10(2)11(13)3/h6-9,15-16H,5H2,1-4H3. The summed E-state index contributed by atoms with van der Waals surface area (Å²) in [7, 11) is 0. The summed E-state index contributed by atoms with van der Waals surface area (Å²) in [5.41, 5.74) is 4.08. The molecule has 18 heavy (non-hydrogen) atoms. The Bertz CT molecular complexity index is 531. The number of benzene rings is 1. The highest BCUT2D eigenvalue weighted by atomic mass is 32.1. The van der Waals surface area contributed by atoms with E-state index in [0.29, 0.717) is 0 Å². The fraction of sp³-hybridized carbons (Fsp3) is 0.400. The summed E-state index contributed by atoms with van der Waals surface area (Å²) < 4.78 is 0. The highest BCUT2D eigenvalue weighted by Crippen LogP contribution is 2.29. The molecule has 1 aromatic heterocycles. The van der Waals surface area contributed by atoms with Crippen LogP contribution in [0, 0.1) is 20.8 Å². The molecule has 0 radical (unpaired) electrons. The molecule has 0 amide bonds. The van der Waals surface area contributed by atoms with Crippen molar-refractivity contribution in [3.8, 4) is 0 Å². The van der Waals surface area contributed by atoms with Crippen LogP contribution in [0.5, 0.6) is 0 Å². The van der Waals surface area contributed by atoms with Crippen molar-refractivity contribution in [3.63, 3.8) is 0 Å². The van der Waals surface area contributed by atoms with Gasteiger partial charge >= 0.3 is 0 Å². The number of nitrogens with one attached hydrogen (secondary N) is 1. The van der Waals surface area contributed by atoms with Crippen LogP contribution in [0.15, 0.2) is 24.4 Å². The average molecular weight is 260 g/mol. The van der Waals surface area contributed by atoms with Crippen molar-refractivity contribution in [3.05, 3.63) is 51.0 Å². The molecule has 96 valence electrons. The molecule has 1 heterocycles. The van der Waals surface area contributed by atoms with E-state index in [-0.39, 0.29) is 6.04 Å². The van der Waals surface area contributed by atoms with Crippen LogP contribution in [-0.4, -0.2) is 11.5 Å². The minimum absolute atomic E-state index is 0.265. The van der Waals surface area contributed by atoms with Gasteiger partial charge in [0.1, 0.15) is 0 Å². The van der Waals surface area contributed by atoms with Gasteiger partial charge in [-0.25, -0.2) is 4.98 Å². The molecule has 1 aromatic carbocycles. The predicted octanol–water partition coefficient (Wildman–Crippen LogP) is 3.77. The van der Waals surface area contributed by atoms with Crippen LogP contribution in [0.1, 0.15) is 39.5 Å². The van der Waals surface area contributed by atoms with Gasteiger partial charge in [0.15, 0.2) is 0 Å². The van der Waals surface area contributed by atoms with E-state index in [2.05, 4.69) is 56.2 Å². The van der Waals surface area contributed by atoms with Gasteiger partial charge in [0, 0.05) is 11.1 Å². The zero-order valence-electron chi connectivity index (χ0n) is 11.4. The SMILES string of the molecule is CCNC(c1cnc(C)s1)c1cccc(C)c1C. The number of aromatic nitrogens is 1. The van der Waals surface area contributed by atoms with Gasteiger partial charge in [0.2, 0.25) is 0 Å².